The van der Waals surface area contributed by atoms with Gasteiger partial charge in [0.05, 0.1) is 11.8 Å². The largest absolute Gasteiger partial charge is 0.480 e. The summed E-state index contributed by atoms with van der Waals surface area (Å²) in [5.41, 5.74) is -0.195. The van der Waals surface area contributed by atoms with Gasteiger partial charge in [-0.05, 0) is 25.1 Å². The maximum atomic E-state index is 13.3. The average Bonchev–Trinajstić information content (AvgIpc) is 2.30. The molecule has 19 heavy (non-hydrogen) atoms. The van der Waals surface area contributed by atoms with Crippen LogP contribution in [0.2, 0.25) is 5.02 Å². The van der Waals surface area contributed by atoms with Crippen molar-refractivity contribution in [2.75, 3.05) is 5.32 Å². The van der Waals surface area contributed by atoms with Gasteiger partial charge in [0.1, 0.15) is 5.82 Å². The first-order valence-electron chi connectivity index (χ1n) is 5.24. The summed E-state index contributed by atoms with van der Waals surface area (Å²) in [5.74, 6) is -2.12. The summed E-state index contributed by atoms with van der Waals surface area (Å²) in [6, 6.07) is 1.07. The lowest BCUT2D eigenvalue weighted by atomic mass is 10.2. The molecular formula is C11H12ClFN2O4. The highest BCUT2D eigenvalue weighted by molar-refractivity contribution is 6.30. The van der Waals surface area contributed by atoms with E-state index in [4.69, 9.17) is 16.7 Å². The first kappa shape index (κ1) is 15.2. The molecule has 0 heterocycles. The Morgan fingerprint density at radius 2 is 2.05 bits per heavy atom. The SMILES string of the molecule is CC(O)C(NC(=O)Nc1cc(Cl)ccc1F)C(=O)O. The number of urea groups is 1. The Kier molecular flexibility index (Phi) is 5.08. The average molecular weight is 291 g/mol. The number of anilines is 1. The van der Waals surface area contributed by atoms with Crippen molar-refractivity contribution in [3.63, 3.8) is 0 Å². The second kappa shape index (κ2) is 6.35. The number of aliphatic carboxylic acids is 1. The summed E-state index contributed by atoms with van der Waals surface area (Å²) in [4.78, 5) is 22.2. The number of carbonyl (C=O) groups excluding carboxylic acids is 1. The Bertz CT molecular complexity index is 496. The number of carboxylic acid groups (broad SMARTS) is 1. The highest BCUT2D eigenvalue weighted by Crippen LogP contribution is 2.19. The van der Waals surface area contributed by atoms with E-state index in [1.54, 1.807) is 0 Å². The van der Waals surface area contributed by atoms with Gasteiger partial charge in [0.2, 0.25) is 0 Å². The Labute approximate surface area is 113 Å². The smallest absolute Gasteiger partial charge is 0.328 e. The van der Waals surface area contributed by atoms with Crippen LogP contribution >= 0.6 is 11.6 Å². The topological polar surface area (TPSA) is 98.7 Å². The molecule has 2 amide bonds. The van der Waals surface area contributed by atoms with Crippen LogP contribution < -0.4 is 10.6 Å². The number of carbonyl (C=O) groups is 2. The van der Waals surface area contributed by atoms with Crippen molar-refractivity contribution in [1.82, 2.24) is 5.32 Å². The quantitative estimate of drug-likeness (QED) is 0.674. The molecule has 2 atom stereocenters. The summed E-state index contributed by atoms with van der Waals surface area (Å²) < 4.78 is 13.3. The van der Waals surface area contributed by atoms with Gasteiger partial charge in [-0.15, -0.1) is 0 Å². The molecule has 0 aromatic heterocycles. The van der Waals surface area contributed by atoms with Crippen molar-refractivity contribution in [1.29, 1.82) is 0 Å². The Balaban J connectivity index is 2.74. The molecule has 0 aliphatic heterocycles. The zero-order valence-electron chi connectivity index (χ0n) is 9.85. The number of hydrogen-bond donors (Lipinski definition) is 4. The minimum Gasteiger partial charge on any atom is -0.480 e. The standard InChI is InChI=1S/C11H12ClFN2O4/c1-5(16)9(10(17)18)15-11(19)14-8-4-6(12)2-3-7(8)13/h2-5,9,16H,1H3,(H,17,18)(H2,14,15,19). The number of aliphatic hydroxyl groups is 1. The normalized spacial score (nSPS) is 13.5. The van der Waals surface area contributed by atoms with Crippen LogP contribution in [-0.4, -0.2) is 34.4 Å². The molecule has 1 rings (SSSR count). The summed E-state index contributed by atoms with van der Waals surface area (Å²) >= 11 is 5.63. The summed E-state index contributed by atoms with van der Waals surface area (Å²) in [6.45, 7) is 1.21. The van der Waals surface area contributed by atoms with E-state index >= 15 is 0 Å². The second-order valence-electron chi connectivity index (χ2n) is 3.78. The first-order valence-corrected chi connectivity index (χ1v) is 5.62. The minimum absolute atomic E-state index is 0.195. The van der Waals surface area contributed by atoms with E-state index in [9.17, 15) is 19.1 Å². The van der Waals surface area contributed by atoms with Gasteiger partial charge >= 0.3 is 12.0 Å². The van der Waals surface area contributed by atoms with Gasteiger partial charge in [-0.3, -0.25) is 0 Å². The monoisotopic (exact) mass is 290 g/mol. The molecule has 6 nitrogen and oxygen atoms in total. The molecule has 0 fully saturated rings. The van der Waals surface area contributed by atoms with Crippen LogP contribution in [0.1, 0.15) is 6.92 Å². The molecule has 1 aromatic rings. The van der Waals surface area contributed by atoms with E-state index in [0.29, 0.717) is 0 Å². The highest BCUT2D eigenvalue weighted by Gasteiger charge is 2.25. The van der Waals surface area contributed by atoms with Gasteiger partial charge in [0, 0.05) is 5.02 Å². The van der Waals surface area contributed by atoms with Crippen LogP contribution in [0.25, 0.3) is 0 Å². The number of carboxylic acids is 1. The predicted molar refractivity (Wildman–Crippen MR) is 66.7 cm³/mol. The fourth-order valence-electron chi connectivity index (χ4n) is 1.28. The van der Waals surface area contributed by atoms with Crippen LogP contribution in [0, 0.1) is 5.82 Å². The second-order valence-corrected chi connectivity index (χ2v) is 4.22. The fraction of sp³-hybridized carbons (Fsp3) is 0.273. The number of nitrogens with one attached hydrogen (secondary N) is 2. The van der Waals surface area contributed by atoms with E-state index in [-0.39, 0.29) is 10.7 Å². The molecule has 0 radical (unpaired) electrons. The molecule has 1 aromatic carbocycles. The van der Waals surface area contributed by atoms with Crippen molar-refractivity contribution >= 4 is 29.3 Å². The van der Waals surface area contributed by atoms with Gasteiger partial charge in [-0.1, -0.05) is 11.6 Å². The van der Waals surface area contributed by atoms with Gasteiger partial charge in [-0.25, -0.2) is 14.0 Å². The van der Waals surface area contributed by atoms with Crippen molar-refractivity contribution in [3.05, 3.63) is 29.0 Å². The van der Waals surface area contributed by atoms with Crippen molar-refractivity contribution in [3.8, 4) is 0 Å². The molecule has 0 saturated heterocycles. The Hall–Kier alpha value is -1.86. The fourth-order valence-corrected chi connectivity index (χ4v) is 1.45. The zero-order chi connectivity index (χ0) is 14.6. The maximum absolute atomic E-state index is 13.3. The van der Waals surface area contributed by atoms with Gasteiger partial charge in [0.15, 0.2) is 6.04 Å². The van der Waals surface area contributed by atoms with Crippen molar-refractivity contribution in [2.45, 2.75) is 19.1 Å². The summed E-state index contributed by atoms with van der Waals surface area (Å²) in [7, 11) is 0. The van der Waals surface area contributed by atoms with E-state index in [2.05, 4.69) is 5.32 Å². The third-order valence-electron chi connectivity index (χ3n) is 2.21. The van der Waals surface area contributed by atoms with Gasteiger partial charge in [0.25, 0.3) is 0 Å². The van der Waals surface area contributed by atoms with E-state index < -0.39 is 30.0 Å². The summed E-state index contributed by atoms with van der Waals surface area (Å²) in [6.07, 6.45) is -1.30. The molecule has 0 bridgehead atoms. The lowest BCUT2D eigenvalue weighted by Gasteiger charge is -2.17. The number of halogens is 2. The van der Waals surface area contributed by atoms with E-state index in [1.807, 2.05) is 5.32 Å². The third-order valence-corrected chi connectivity index (χ3v) is 2.45. The number of benzene rings is 1. The van der Waals surface area contributed by atoms with Gasteiger partial charge in [-0.2, -0.15) is 0 Å². The maximum Gasteiger partial charge on any atom is 0.328 e. The van der Waals surface area contributed by atoms with E-state index in [0.717, 1.165) is 6.07 Å². The first-order chi connectivity index (χ1) is 8.81. The number of rotatable bonds is 4. The molecule has 2 unspecified atom stereocenters. The lowest BCUT2D eigenvalue weighted by molar-refractivity contribution is -0.141. The van der Waals surface area contributed by atoms with Crippen LogP contribution in [0.4, 0.5) is 14.9 Å². The molecule has 4 N–H and O–H groups in total. The Morgan fingerprint density at radius 1 is 1.42 bits per heavy atom. The van der Waals surface area contributed by atoms with Crippen molar-refractivity contribution < 1.29 is 24.2 Å². The zero-order valence-corrected chi connectivity index (χ0v) is 10.6. The number of amides is 2. The third kappa shape index (κ3) is 4.38. The highest BCUT2D eigenvalue weighted by atomic mass is 35.5. The number of hydrogen-bond acceptors (Lipinski definition) is 3. The van der Waals surface area contributed by atoms with Crippen LogP contribution in [0.15, 0.2) is 18.2 Å². The molecule has 0 saturated carbocycles. The van der Waals surface area contributed by atoms with Crippen LogP contribution in [0.5, 0.6) is 0 Å². The van der Waals surface area contributed by atoms with E-state index in [1.165, 1.54) is 19.1 Å². The summed E-state index contributed by atoms with van der Waals surface area (Å²) in [5, 5.41) is 22.3. The molecule has 104 valence electrons. The number of aliphatic hydroxyl groups excluding tert-OH is 1. The van der Waals surface area contributed by atoms with Crippen molar-refractivity contribution in [2.24, 2.45) is 0 Å². The van der Waals surface area contributed by atoms with Crippen LogP contribution in [0.3, 0.4) is 0 Å². The molecule has 0 aliphatic carbocycles. The Morgan fingerprint density at radius 3 is 2.58 bits per heavy atom. The van der Waals surface area contributed by atoms with Gasteiger partial charge < -0.3 is 20.8 Å². The molecule has 8 heteroatoms. The lowest BCUT2D eigenvalue weighted by Crippen LogP contribution is -2.49. The molecule has 0 aliphatic rings. The minimum atomic E-state index is -1.50. The van der Waals surface area contributed by atoms with Crippen LogP contribution in [-0.2, 0) is 4.79 Å². The molecule has 0 spiro atoms. The molecular weight excluding hydrogens is 279 g/mol. The predicted octanol–water partition coefficient (Wildman–Crippen LogP) is 1.43.